The predicted molar refractivity (Wildman–Crippen MR) is 62.6 cm³/mol. The number of ether oxygens (including phenoxy) is 1. The van der Waals surface area contributed by atoms with Crippen molar-refractivity contribution >= 4 is 0 Å². The summed E-state index contributed by atoms with van der Waals surface area (Å²) in [4.78, 5) is 0. The predicted octanol–water partition coefficient (Wildman–Crippen LogP) is 2.75. The van der Waals surface area contributed by atoms with Gasteiger partial charge < -0.3 is 10.1 Å². The summed E-state index contributed by atoms with van der Waals surface area (Å²) in [5.74, 6) is 0. The summed E-state index contributed by atoms with van der Waals surface area (Å²) in [5, 5.41) is 3.49. The molecule has 0 amide bonds. The molecular weight excluding hydrogens is 174 g/mol. The number of hydrogen-bond donors (Lipinski definition) is 1. The molecular formula is C12H25NO. The fourth-order valence-electron chi connectivity index (χ4n) is 1.27. The highest BCUT2D eigenvalue weighted by molar-refractivity contribution is 5.07. The Morgan fingerprint density at radius 1 is 1.43 bits per heavy atom. The van der Waals surface area contributed by atoms with E-state index in [2.05, 4.69) is 46.0 Å². The van der Waals surface area contributed by atoms with Crippen LogP contribution in [0.3, 0.4) is 0 Å². The van der Waals surface area contributed by atoms with Crippen LogP contribution in [0.2, 0.25) is 0 Å². The first-order chi connectivity index (χ1) is 6.44. The molecule has 0 aromatic heterocycles. The third-order valence-corrected chi connectivity index (χ3v) is 2.39. The number of nitrogens with one attached hydrogen (secondary N) is 1. The molecule has 0 aliphatic heterocycles. The van der Waals surface area contributed by atoms with Crippen LogP contribution in [0.15, 0.2) is 11.6 Å². The van der Waals surface area contributed by atoms with Crippen LogP contribution in [0.25, 0.3) is 0 Å². The van der Waals surface area contributed by atoms with E-state index in [0.717, 1.165) is 13.0 Å². The van der Waals surface area contributed by atoms with E-state index in [1.165, 1.54) is 5.57 Å². The first-order valence-electron chi connectivity index (χ1n) is 5.37. The molecule has 2 heteroatoms. The fraction of sp³-hybridized carbons (Fsp3) is 0.833. The van der Waals surface area contributed by atoms with Gasteiger partial charge >= 0.3 is 0 Å². The summed E-state index contributed by atoms with van der Waals surface area (Å²) >= 11 is 0. The third kappa shape index (κ3) is 4.77. The molecule has 0 aliphatic carbocycles. The lowest BCUT2D eigenvalue weighted by Crippen LogP contribution is -2.47. The maximum atomic E-state index is 5.49. The average molecular weight is 199 g/mol. The highest BCUT2D eigenvalue weighted by Gasteiger charge is 2.26. The highest BCUT2D eigenvalue weighted by atomic mass is 16.5. The molecule has 0 saturated heterocycles. The van der Waals surface area contributed by atoms with Crippen molar-refractivity contribution in [3.05, 3.63) is 11.6 Å². The van der Waals surface area contributed by atoms with Crippen LogP contribution in [0.1, 0.15) is 41.0 Å². The van der Waals surface area contributed by atoms with E-state index < -0.39 is 0 Å². The molecule has 0 saturated carbocycles. The second-order valence-corrected chi connectivity index (χ2v) is 4.48. The summed E-state index contributed by atoms with van der Waals surface area (Å²) in [7, 11) is 1.76. The monoisotopic (exact) mass is 199 g/mol. The lowest BCUT2D eigenvalue weighted by Gasteiger charge is -2.32. The van der Waals surface area contributed by atoms with Gasteiger partial charge in [-0.15, -0.1) is 0 Å². The van der Waals surface area contributed by atoms with Gasteiger partial charge in [-0.25, -0.2) is 0 Å². The third-order valence-electron chi connectivity index (χ3n) is 2.39. The van der Waals surface area contributed by atoms with Crippen LogP contribution in [-0.2, 0) is 4.74 Å². The van der Waals surface area contributed by atoms with Crippen LogP contribution in [0, 0.1) is 0 Å². The van der Waals surface area contributed by atoms with Crippen molar-refractivity contribution in [2.45, 2.75) is 52.7 Å². The van der Waals surface area contributed by atoms with E-state index >= 15 is 0 Å². The van der Waals surface area contributed by atoms with Gasteiger partial charge in [0.1, 0.15) is 0 Å². The van der Waals surface area contributed by atoms with Gasteiger partial charge in [0.15, 0.2) is 0 Å². The van der Waals surface area contributed by atoms with Gasteiger partial charge in [0, 0.05) is 7.11 Å². The summed E-state index contributed by atoms with van der Waals surface area (Å²) in [5.41, 5.74) is 1.18. The fourth-order valence-corrected chi connectivity index (χ4v) is 1.27. The van der Waals surface area contributed by atoms with Crippen LogP contribution in [0.5, 0.6) is 0 Å². The maximum Gasteiger partial charge on any atom is 0.0810 e. The molecule has 0 aromatic carbocycles. The second kappa shape index (κ2) is 6.20. The molecule has 0 spiro atoms. The largest absolute Gasteiger partial charge is 0.377 e. The van der Waals surface area contributed by atoms with Crippen molar-refractivity contribution in [1.29, 1.82) is 0 Å². The molecule has 2 nitrogen and oxygen atoms in total. The summed E-state index contributed by atoms with van der Waals surface area (Å²) in [6, 6.07) is 0.289. The molecule has 1 N–H and O–H groups in total. The topological polar surface area (TPSA) is 21.3 Å². The van der Waals surface area contributed by atoms with Crippen LogP contribution >= 0.6 is 0 Å². The molecule has 1 unspecified atom stereocenters. The molecule has 0 bridgehead atoms. The number of hydrogen-bond acceptors (Lipinski definition) is 2. The first-order valence-corrected chi connectivity index (χ1v) is 5.37. The van der Waals surface area contributed by atoms with E-state index in [9.17, 15) is 0 Å². The van der Waals surface area contributed by atoms with Crippen LogP contribution < -0.4 is 5.32 Å². The zero-order valence-electron chi connectivity index (χ0n) is 10.5. The lowest BCUT2D eigenvalue weighted by molar-refractivity contribution is 0.00287. The smallest absolute Gasteiger partial charge is 0.0810 e. The zero-order valence-corrected chi connectivity index (χ0v) is 10.5. The number of allylic oxidation sites excluding steroid dienone is 1. The van der Waals surface area contributed by atoms with E-state index in [1.807, 2.05) is 0 Å². The Balaban J connectivity index is 4.46. The van der Waals surface area contributed by atoms with Gasteiger partial charge in [0.05, 0.1) is 11.6 Å². The SMILES string of the molecule is CCCNC(C=C(C)C)C(C)(C)OC. The van der Waals surface area contributed by atoms with E-state index in [-0.39, 0.29) is 11.6 Å². The van der Waals surface area contributed by atoms with Crippen molar-refractivity contribution in [3.8, 4) is 0 Å². The lowest BCUT2D eigenvalue weighted by atomic mass is 9.96. The van der Waals surface area contributed by atoms with Gasteiger partial charge in [-0.2, -0.15) is 0 Å². The summed E-state index contributed by atoms with van der Waals surface area (Å²) in [6.07, 6.45) is 3.38. The molecule has 0 heterocycles. The van der Waals surface area contributed by atoms with E-state index in [0.29, 0.717) is 0 Å². The van der Waals surface area contributed by atoms with Gasteiger partial charge in [0.2, 0.25) is 0 Å². The molecule has 14 heavy (non-hydrogen) atoms. The van der Waals surface area contributed by atoms with E-state index in [4.69, 9.17) is 4.74 Å². The van der Waals surface area contributed by atoms with Crippen molar-refractivity contribution < 1.29 is 4.74 Å². The van der Waals surface area contributed by atoms with Crippen LogP contribution in [0.4, 0.5) is 0 Å². The number of rotatable bonds is 6. The molecule has 0 radical (unpaired) electrons. The number of methoxy groups -OCH3 is 1. The zero-order chi connectivity index (χ0) is 11.2. The molecule has 1 atom stereocenters. The summed E-state index contributed by atoms with van der Waals surface area (Å²) < 4.78 is 5.49. The molecule has 0 rings (SSSR count). The van der Waals surface area contributed by atoms with Crippen LogP contribution in [-0.4, -0.2) is 25.3 Å². The Morgan fingerprint density at radius 3 is 2.36 bits per heavy atom. The normalized spacial score (nSPS) is 13.9. The van der Waals surface area contributed by atoms with E-state index in [1.54, 1.807) is 7.11 Å². The summed E-state index contributed by atoms with van der Waals surface area (Å²) in [6.45, 7) is 11.7. The van der Waals surface area contributed by atoms with Crippen molar-refractivity contribution in [3.63, 3.8) is 0 Å². The Bertz CT molecular complexity index is 181. The molecule has 0 aliphatic rings. The Hall–Kier alpha value is -0.340. The van der Waals surface area contributed by atoms with Crippen molar-refractivity contribution in [2.75, 3.05) is 13.7 Å². The maximum absolute atomic E-state index is 5.49. The Labute approximate surface area is 88.7 Å². The minimum absolute atomic E-state index is 0.146. The Morgan fingerprint density at radius 2 is 2.00 bits per heavy atom. The minimum atomic E-state index is -0.146. The van der Waals surface area contributed by atoms with Gasteiger partial charge in [-0.05, 0) is 40.7 Å². The van der Waals surface area contributed by atoms with Gasteiger partial charge in [-0.1, -0.05) is 18.6 Å². The van der Waals surface area contributed by atoms with Gasteiger partial charge in [0.25, 0.3) is 0 Å². The Kier molecular flexibility index (Phi) is 6.05. The highest BCUT2D eigenvalue weighted by Crippen LogP contribution is 2.16. The average Bonchev–Trinajstić information content (AvgIpc) is 2.11. The molecule has 0 aromatic rings. The van der Waals surface area contributed by atoms with Crippen molar-refractivity contribution in [2.24, 2.45) is 0 Å². The standard InChI is InChI=1S/C12H25NO/c1-7-8-13-11(9-10(2)3)12(4,5)14-6/h9,11,13H,7-8H2,1-6H3. The quantitative estimate of drug-likeness (QED) is 0.664. The molecule has 0 fully saturated rings. The van der Waals surface area contributed by atoms with Crippen molar-refractivity contribution in [1.82, 2.24) is 5.32 Å². The molecule has 84 valence electrons. The first kappa shape index (κ1) is 13.7. The second-order valence-electron chi connectivity index (χ2n) is 4.48. The van der Waals surface area contributed by atoms with Gasteiger partial charge in [-0.3, -0.25) is 0 Å². The minimum Gasteiger partial charge on any atom is -0.377 e.